The highest BCUT2D eigenvalue weighted by Crippen LogP contribution is 2.43. The van der Waals surface area contributed by atoms with E-state index in [4.69, 9.17) is 17.2 Å². The second kappa shape index (κ2) is 2.64. The van der Waals surface area contributed by atoms with Gasteiger partial charge in [0.1, 0.15) is 0 Å². The summed E-state index contributed by atoms with van der Waals surface area (Å²) in [5.41, 5.74) is 16.4. The second-order valence-corrected chi connectivity index (χ2v) is 2.70. The highest BCUT2D eigenvalue weighted by Gasteiger charge is 2.46. The van der Waals surface area contributed by atoms with E-state index in [-0.39, 0.29) is 0 Å². The Hall–Kier alpha value is -0.120. The fourth-order valence-corrected chi connectivity index (χ4v) is 1.57. The SMILES string of the molecule is NCC1C(CN)C1CN. The molecule has 0 aromatic carbocycles. The second-order valence-electron chi connectivity index (χ2n) is 2.70. The Labute approximate surface area is 55.6 Å². The van der Waals surface area contributed by atoms with Gasteiger partial charge in [0, 0.05) is 0 Å². The summed E-state index contributed by atoms with van der Waals surface area (Å²) < 4.78 is 0. The minimum Gasteiger partial charge on any atom is -0.330 e. The van der Waals surface area contributed by atoms with Gasteiger partial charge in [0.2, 0.25) is 0 Å². The maximum atomic E-state index is 5.45. The van der Waals surface area contributed by atoms with E-state index in [1.807, 2.05) is 0 Å². The van der Waals surface area contributed by atoms with Gasteiger partial charge in [-0.3, -0.25) is 0 Å². The molecule has 6 N–H and O–H groups in total. The van der Waals surface area contributed by atoms with Gasteiger partial charge in [-0.2, -0.15) is 0 Å². The lowest BCUT2D eigenvalue weighted by Gasteiger charge is -1.86. The normalized spacial score (nSPS) is 41.0. The van der Waals surface area contributed by atoms with E-state index in [0.717, 1.165) is 19.6 Å². The predicted molar refractivity (Wildman–Crippen MR) is 37.6 cm³/mol. The summed E-state index contributed by atoms with van der Waals surface area (Å²) in [5.74, 6) is 1.87. The topological polar surface area (TPSA) is 78.1 Å². The van der Waals surface area contributed by atoms with Crippen molar-refractivity contribution in [3.8, 4) is 0 Å². The van der Waals surface area contributed by atoms with Gasteiger partial charge in [0.15, 0.2) is 0 Å². The van der Waals surface area contributed by atoms with E-state index in [9.17, 15) is 0 Å². The molecule has 3 nitrogen and oxygen atoms in total. The van der Waals surface area contributed by atoms with Crippen LogP contribution < -0.4 is 17.2 Å². The fraction of sp³-hybridized carbons (Fsp3) is 1.00. The third-order valence-electron chi connectivity index (χ3n) is 2.33. The summed E-state index contributed by atoms with van der Waals surface area (Å²) in [6.07, 6.45) is 0. The molecular weight excluding hydrogens is 114 g/mol. The molecule has 0 atom stereocenters. The molecule has 1 aliphatic carbocycles. The first-order valence-corrected chi connectivity index (χ1v) is 3.45. The van der Waals surface area contributed by atoms with E-state index in [1.54, 1.807) is 0 Å². The molecule has 1 rings (SSSR count). The van der Waals surface area contributed by atoms with Crippen molar-refractivity contribution in [1.82, 2.24) is 0 Å². The highest BCUT2D eigenvalue weighted by molar-refractivity contribution is 4.98. The zero-order valence-corrected chi connectivity index (χ0v) is 5.59. The first-order valence-electron chi connectivity index (χ1n) is 3.45. The molecule has 1 aliphatic rings. The average molecular weight is 129 g/mol. The number of nitrogens with two attached hydrogens (primary N) is 3. The van der Waals surface area contributed by atoms with Crippen molar-refractivity contribution in [2.75, 3.05) is 19.6 Å². The molecule has 0 saturated heterocycles. The lowest BCUT2D eigenvalue weighted by atomic mass is 10.3. The van der Waals surface area contributed by atoms with Crippen LogP contribution >= 0.6 is 0 Å². The first kappa shape index (κ1) is 6.99. The Balaban J connectivity index is 2.26. The number of hydrogen-bond donors (Lipinski definition) is 3. The molecule has 0 heterocycles. The summed E-state index contributed by atoms with van der Waals surface area (Å²) in [7, 11) is 0. The van der Waals surface area contributed by atoms with Crippen molar-refractivity contribution in [2.24, 2.45) is 35.0 Å². The minimum atomic E-state index is 0.625. The summed E-state index contributed by atoms with van der Waals surface area (Å²) in [6, 6.07) is 0. The van der Waals surface area contributed by atoms with E-state index >= 15 is 0 Å². The van der Waals surface area contributed by atoms with Gasteiger partial charge < -0.3 is 17.2 Å². The largest absolute Gasteiger partial charge is 0.330 e. The molecule has 0 aromatic heterocycles. The van der Waals surface area contributed by atoms with E-state index < -0.39 is 0 Å². The lowest BCUT2D eigenvalue weighted by Crippen LogP contribution is -2.08. The Bertz CT molecular complexity index is 69.3. The third-order valence-corrected chi connectivity index (χ3v) is 2.33. The molecule has 0 radical (unpaired) electrons. The van der Waals surface area contributed by atoms with Crippen molar-refractivity contribution < 1.29 is 0 Å². The molecule has 0 bridgehead atoms. The zero-order chi connectivity index (χ0) is 6.85. The van der Waals surface area contributed by atoms with Gasteiger partial charge in [0.25, 0.3) is 0 Å². The molecule has 1 saturated carbocycles. The van der Waals surface area contributed by atoms with Crippen molar-refractivity contribution in [3.05, 3.63) is 0 Å². The van der Waals surface area contributed by atoms with Gasteiger partial charge in [-0.05, 0) is 37.4 Å². The summed E-state index contributed by atoms with van der Waals surface area (Å²) in [5, 5.41) is 0. The fourth-order valence-electron chi connectivity index (χ4n) is 1.57. The smallest absolute Gasteiger partial charge is 0.00424 e. The Morgan fingerprint density at radius 1 is 0.667 bits per heavy atom. The molecule has 9 heavy (non-hydrogen) atoms. The molecule has 1 fully saturated rings. The molecule has 54 valence electrons. The predicted octanol–water partition coefficient (Wildman–Crippen LogP) is -1.28. The van der Waals surface area contributed by atoms with Crippen molar-refractivity contribution in [3.63, 3.8) is 0 Å². The van der Waals surface area contributed by atoms with Crippen LogP contribution in [0.1, 0.15) is 0 Å². The average Bonchev–Trinajstić information content (AvgIpc) is 2.59. The van der Waals surface area contributed by atoms with Gasteiger partial charge in [0.05, 0.1) is 0 Å². The van der Waals surface area contributed by atoms with Crippen molar-refractivity contribution in [2.45, 2.75) is 0 Å². The monoisotopic (exact) mass is 129 g/mol. The lowest BCUT2D eigenvalue weighted by molar-refractivity contribution is 0.715. The van der Waals surface area contributed by atoms with Gasteiger partial charge in [-0.25, -0.2) is 0 Å². The first-order chi connectivity index (χ1) is 4.35. The standard InChI is InChI=1S/C6H15N3/c7-1-4-5(2-8)6(4)3-9/h4-6H,1-3,7-9H2. The highest BCUT2D eigenvalue weighted by atomic mass is 14.7. The number of hydrogen-bond acceptors (Lipinski definition) is 3. The zero-order valence-electron chi connectivity index (χ0n) is 5.59. The Morgan fingerprint density at radius 2 is 0.889 bits per heavy atom. The van der Waals surface area contributed by atoms with Crippen LogP contribution in [0.15, 0.2) is 0 Å². The van der Waals surface area contributed by atoms with Crippen LogP contribution in [-0.4, -0.2) is 19.6 Å². The molecule has 0 aromatic rings. The van der Waals surface area contributed by atoms with Crippen LogP contribution in [0, 0.1) is 17.8 Å². The maximum Gasteiger partial charge on any atom is -0.00424 e. The Morgan fingerprint density at radius 3 is 1.00 bits per heavy atom. The number of rotatable bonds is 3. The van der Waals surface area contributed by atoms with Gasteiger partial charge in [-0.1, -0.05) is 0 Å². The molecule has 3 heteroatoms. The van der Waals surface area contributed by atoms with E-state index in [1.165, 1.54) is 0 Å². The van der Waals surface area contributed by atoms with Crippen LogP contribution in [0.2, 0.25) is 0 Å². The Kier molecular flexibility index (Phi) is 2.05. The molecular formula is C6H15N3. The summed E-state index contributed by atoms with van der Waals surface area (Å²) in [6.45, 7) is 2.26. The van der Waals surface area contributed by atoms with Gasteiger partial charge in [-0.15, -0.1) is 0 Å². The van der Waals surface area contributed by atoms with E-state index in [2.05, 4.69) is 0 Å². The maximum absolute atomic E-state index is 5.45. The van der Waals surface area contributed by atoms with Crippen molar-refractivity contribution in [1.29, 1.82) is 0 Å². The molecule has 0 unspecified atom stereocenters. The summed E-state index contributed by atoms with van der Waals surface area (Å²) in [4.78, 5) is 0. The quantitative estimate of drug-likeness (QED) is 0.444. The molecule has 0 aliphatic heterocycles. The van der Waals surface area contributed by atoms with Crippen molar-refractivity contribution >= 4 is 0 Å². The summed E-state index contributed by atoms with van der Waals surface area (Å²) >= 11 is 0. The molecule has 0 spiro atoms. The van der Waals surface area contributed by atoms with E-state index in [0.29, 0.717) is 17.8 Å². The third kappa shape index (κ3) is 1.08. The molecule has 0 amide bonds. The van der Waals surface area contributed by atoms with Crippen LogP contribution in [0.4, 0.5) is 0 Å². The van der Waals surface area contributed by atoms with Crippen LogP contribution in [0.3, 0.4) is 0 Å². The minimum absolute atomic E-state index is 0.625. The van der Waals surface area contributed by atoms with Crippen LogP contribution in [-0.2, 0) is 0 Å². The van der Waals surface area contributed by atoms with Gasteiger partial charge >= 0.3 is 0 Å². The van der Waals surface area contributed by atoms with Crippen LogP contribution in [0.25, 0.3) is 0 Å². The van der Waals surface area contributed by atoms with Crippen LogP contribution in [0.5, 0.6) is 0 Å².